The summed E-state index contributed by atoms with van der Waals surface area (Å²) in [5, 5.41) is 25.5. The van der Waals surface area contributed by atoms with Crippen molar-refractivity contribution < 1.29 is 29.4 Å². The van der Waals surface area contributed by atoms with Gasteiger partial charge in [0.2, 0.25) is 11.8 Å². The quantitative estimate of drug-likeness (QED) is 0.329. The van der Waals surface area contributed by atoms with Gasteiger partial charge in [-0.2, -0.15) is 0 Å². The van der Waals surface area contributed by atoms with Crippen LogP contribution < -0.4 is 10.6 Å². The molecule has 0 bridgehead atoms. The molecule has 0 aromatic carbocycles. The van der Waals surface area contributed by atoms with Gasteiger partial charge in [0.1, 0.15) is 6.04 Å². The lowest BCUT2D eigenvalue weighted by atomic mass is 10.1. The van der Waals surface area contributed by atoms with Gasteiger partial charge < -0.3 is 25.7 Å². The van der Waals surface area contributed by atoms with Crippen LogP contribution >= 0.6 is 0 Å². The average molecular weight is 345 g/mol. The zero-order valence-electron chi connectivity index (χ0n) is 14.2. The predicted octanol–water partition coefficient (Wildman–Crippen LogP) is -0.968. The Morgan fingerprint density at radius 1 is 1.12 bits per heavy atom. The molecule has 24 heavy (non-hydrogen) atoms. The van der Waals surface area contributed by atoms with Crippen molar-refractivity contribution in [1.82, 2.24) is 15.7 Å². The molecule has 0 aromatic heterocycles. The smallest absolute Gasteiger partial charge is 0.347 e. The minimum absolute atomic E-state index is 0.0851. The van der Waals surface area contributed by atoms with Crippen LogP contribution in [0.3, 0.4) is 0 Å². The number of hydroxylamine groups is 2. The molecule has 1 fully saturated rings. The molecular weight excluding hydrogens is 318 g/mol. The van der Waals surface area contributed by atoms with Gasteiger partial charge in [0.15, 0.2) is 5.79 Å². The van der Waals surface area contributed by atoms with Gasteiger partial charge in [0.25, 0.3) is 0 Å². The molecule has 1 aliphatic heterocycles. The van der Waals surface area contributed by atoms with E-state index in [2.05, 4.69) is 10.6 Å². The van der Waals surface area contributed by atoms with Crippen LogP contribution in [0, 0.1) is 0 Å². The second-order valence-corrected chi connectivity index (χ2v) is 6.05. The number of carbonyl (C=O) groups excluding carboxylic acids is 3. The van der Waals surface area contributed by atoms with Crippen molar-refractivity contribution in [1.29, 1.82) is 0 Å². The van der Waals surface area contributed by atoms with Gasteiger partial charge in [-0.25, -0.2) is 4.79 Å². The van der Waals surface area contributed by atoms with Gasteiger partial charge >= 0.3 is 5.97 Å². The third-order valence-corrected chi connectivity index (χ3v) is 3.70. The Hall–Kier alpha value is -1.71. The molecule has 4 N–H and O–H groups in total. The Kier molecular flexibility index (Phi) is 8.09. The lowest BCUT2D eigenvalue weighted by molar-refractivity contribution is -0.243. The fourth-order valence-electron chi connectivity index (χ4n) is 2.36. The Morgan fingerprint density at radius 3 is 2.29 bits per heavy atom. The number of aliphatic hydroxyl groups is 2. The fourth-order valence-corrected chi connectivity index (χ4v) is 2.36. The van der Waals surface area contributed by atoms with Gasteiger partial charge in [-0.3, -0.25) is 9.59 Å². The summed E-state index contributed by atoms with van der Waals surface area (Å²) in [6, 6.07) is -0.769. The molecule has 0 aliphatic carbocycles. The first-order valence-corrected chi connectivity index (χ1v) is 8.12. The number of hydrogen-bond donors (Lipinski definition) is 4. The number of rotatable bonds is 8. The van der Waals surface area contributed by atoms with E-state index in [1.165, 1.54) is 18.9 Å². The van der Waals surface area contributed by atoms with Crippen LogP contribution in [0.4, 0.5) is 0 Å². The van der Waals surface area contributed by atoms with Crippen LogP contribution in [0.2, 0.25) is 0 Å². The van der Waals surface area contributed by atoms with E-state index in [1.807, 2.05) is 0 Å². The SMILES string of the molecule is CC(=O)NCCCCC(NC(C)=O)C(=O)ON1CCC(O)(O)CC1. The fraction of sp³-hybridized carbons (Fsp3) is 0.800. The maximum absolute atomic E-state index is 12.2. The lowest BCUT2D eigenvalue weighted by Crippen LogP contribution is -2.48. The number of amides is 2. The van der Waals surface area contributed by atoms with Crippen LogP contribution in [0.25, 0.3) is 0 Å². The van der Waals surface area contributed by atoms with Crippen LogP contribution in [-0.4, -0.2) is 64.5 Å². The molecule has 1 unspecified atom stereocenters. The molecule has 0 radical (unpaired) electrons. The summed E-state index contributed by atoms with van der Waals surface area (Å²) in [6.07, 6.45) is 1.89. The van der Waals surface area contributed by atoms with Crippen molar-refractivity contribution in [3.05, 3.63) is 0 Å². The predicted molar refractivity (Wildman–Crippen MR) is 84.2 cm³/mol. The number of unbranched alkanes of at least 4 members (excludes halogenated alkanes) is 1. The molecule has 1 heterocycles. The monoisotopic (exact) mass is 345 g/mol. The van der Waals surface area contributed by atoms with Gasteiger partial charge in [0, 0.05) is 46.3 Å². The summed E-state index contributed by atoms with van der Waals surface area (Å²) in [5.74, 6) is -2.74. The van der Waals surface area contributed by atoms with Gasteiger partial charge in [0.05, 0.1) is 0 Å². The van der Waals surface area contributed by atoms with Crippen LogP contribution in [0.5, 0.6) is 0 Å². The Bertz CT molecular complexity index is 444. The summed E-state index contributed by atoms with van der Waals surface area (Å²) in [7, 11) is 0. The molecule has 0 saturated carbocycles. The van der Waals surface area contributed by atoms with E-state index < -0.39 is 17.8 Å². The molecule has 9 heteroatoms. The highest BCUT2D eigenvalue weighted by Gasteiger charge is 2.32. The highest BCUT2D eigenvalue weighted by atomic mass is 16.7. The first-order chi connectivity index (χ1) is 11.2. The zero-order valence-corrected chi connectivity index (χ0v) is 14.2. The van der Waals surface area contributed by atoms with Crippen molar-refractivity contribution in [2.45, 2.75) is 57.8 Å². The summed E-state index contributed by atoms with van der Waals surface area (Å²) >= 11 is 0. The van der Waals surface area contributed by atoms with Crippen molar-refractivity contribution in [2.75, 3.05) is 19.6 Å². The summed E-state index contributed by atoms with van der Waals surface area (Å²) in [5.41, 5.74) is 0. The van der Waals surface area contributed by atoms with E-state index in [0.29, 0.717) is 25.8 Å². The largest absolute Gasteiger partial charge is 0.366 e. The molecule has 1 atom stereocenters. The van der Waals surface area contributed by atoms with Gasteiger partial charge in [-0.05, 0) is 19.3 Å². The van der Waals surface area contributed by atoms with Crippen molar-refractivity contribution in [3.8, 4) is 0 Å². The summed E-state index contributed by atoms with van der Waals surface area (Å²) in [6.45, 7) is 3.70. The number of carbonyl (C=O) groups is 3. The standard InChI is InChI=1S/C15H27N3O6/c1-11(19)16-8-4-3-5-13(17-12(2)20)14(21)24-18-9-6-15(22,23)7-10-18/h13,22-23H,3-10H2,1-2H3,(H,16,19)(H,17,20). The normalized spacial score (nSPS) is 18.5. The number of piperidine rings is 1. The van der Waals surface area contributed by atoms with Gasteiger partial charge in [-0.15, -0.1) is 5.06 Å². The minimum Gasteiger partial charge on any atom is -0.366 e. The third kappa shape index (κ3) is 8.23. The summed E-state index contributed by atoms with van der Waals surface area (Å²) < 4.78 is 0. The molecule has 9 nitrogen and oxygen atoms in total. The van der Waals surface area contributed by atoms with E-state index in [4.69, 9.17) is 4.84 Å². The lowest BCUT2D eigenvalue weighted by Gasteiger charge is -2.33. The van der Waals surface area contributed by atoms with E-state index in [-0.39, 0.29) is 37.7 Å². The first-order valence-electron chi connectivity index (χ1n) is 8.12. The molecular formula is C15H27N3O6. The van der Waals surface area contributed by atoms with Crippen LogP contribution in [0.15, 0.2) is 0 Å². The zero-order chi connectivity index (χ0) is 18.2. The molecule has 138 valence electrons. The average Bonchev–Trinajstić information content (AvgIpc) is 2.47. The van der Waals surface area contributed by atoms with E-state index in [0.717, 1.165) is 0 Å². The number of nitrogens with one attached hydrogen (secondary N) is 2. The Labute approximate surface area is 141 Å². The molecule has 0 spiro atoms. The van der Waals surface area contributed by atoms with Crippen LogP contribution in [0.1, 0.15) is 46.0 Å². The Balaban J connectivity index is 2.40. The second kappa shape index (κ2) is 9.55. The maximum atomic E-state index is 12.2. The Morgan fingerprint density at radius 2 is 1.75 bits per heavy atom. The molecule has 1 aliphatic rings. The second-order valence-electron chi connectivity index (χ2n) is 6.05. The van der Waals surface area contributed by atoms with Crippen LogP contribution in [-0.2, 0) is 19.2 Å². The first kappa shape index (κ1) is 20.3. The van der Waals surface area contributed by atoms with Crippen molar-refractivity contribution >= 4 is 17.8 Å². The topological polar surface area (TPSA) is 128 Å². The highest BCUT2D eigenvalue weighted by molar-refractivity contribution is 5.83. The third-order valence-electron chi connectivity index (χ3n) is 3.70. The highest BCUT2D eigenvalue weighted by Crippen LogP contribution is 2.19. The van der Waals surface area contributed by atoms with Crippen molar-refractivity contribution in [3.63, 3.8) is 0 Å². The summed E-state index contributed by atoms with van der Waals surface area (Å²) in [4.78, 5) is 39.5. The number of hydrogen-bond acceptors (Lipinski definition) is 7. The number of nitrogens with zero attached hydrogens (tertiary/aromatic N) is 1. The molecule has 2 amide bonds. The van der Waals surface area contributed by atoms with E-state index in [1.54, 1.807) is 0 Å². The molecule has 0 aromatic rings. The maximum Gasteiger partial charge on any atom is 0.347 e. The van der Waals surface area contributed by atoms with Gasteiger partial charge in [-0.1, -0.05) is 0 Å². The minimum atomic E-state index is -1.72. The van der Waals surface area contributed by atoms with E-state index in [9.17, 15) is 24.6 Å². The van der Waals surface area contributed by atoms with E-state index >= 15 is 0 Å². The molecule has 1 rings (SSSR count). The molecule has 1 saturated heterocycles. The van der Waals surface area contributed by atoms with Crippen molar-refractivity contribution in [2.24, 2.45) is 0 Å².